The van der Waals surface area contributed by atoms with Gasteiger partial charge in [0.25, 0.3) is 0 Å². The molecule has 8 atom stereocenters. The highest BCUT2D eigenvalue weighted by Crippen LogP contribution is 2.73. The molecule has 0 heterocycles. The average molecular weight is 443 g/mol. The fourth-order valence-electron chi connectivity index (χ4n) is 9.51. The van der Waals surface area contributed by atoms with Crippen LogP contribution in [-0.4, -0.2) is 22.9 Å². The van der Waals surface area contributed by atoms with E-state index < -0.39 is 0 Å². The predicted octanol–water partition coefficient (Wildman–Crippen LogP) is 7.31. The van der Waals surface area contributed by atoms with Gasteiger partial charge >= 0.3 is 0 Å². The molecule has 0 radical (unpaired) electrons. The maximum absolute atomic E-state index is 10.8. The molecule has 0 bridgehead atoms. The Morgan fingerprint density at radius 3 is 2.50 bits per heavy atom. The second kappa shape index (κ2) is 8.26. The summed E-state index contributed by atoms with van der Waals surface area (Å²) in [6.45, 7) is 17.2. The van der Waals surface area contributed by atoms with E-state index in [4.69, 9.17) is 0 Å². The van der Waals surface area contributed by atoms with Crippen LogP contribution in [0.3, 0.4) is 0 Å². The second-order valence-electron chi connectivity index (χ2n) is 13.6. The molecule has 0 spiro atoms. The van der Waals surface area contributed by atoms with Crippen LogP contribution in [0.2, 0.25) is 0 Å². The third-order valence-corrected chi connectivity index (χ3v) is 11.9. The van der Waals surface area contributed by atoms with Crippen LogP contribution in [-0.2, 0) is 0 Å². The van der Waals surface area contributed by atoms with Gasteiger partial charge in [0.05, 0.1) is 12.7 Å². The lowest BCUT2D eigenvalue weighted by Crippen LogP contribution is -2.58. The molecule has 3 fully saturated rings. The zero-order valence-electron chi connectivity index (χ0n) is 22.0. The zero-order valence-corrected chi connectivity index (χ0v) is 22.0. The molecule has 3 saturated carbocycles. The minimum atomic E-state index is -0.153. The summed E-state index contributed by atoms with van der Waals surface area (Å²) in [5.41, 5.74) is 4.01. The fourth-order valence-corrected chi connectivity index (χ4v) is 9.51. The van der Waals surface area contributed by atoms with E-state index in [1.54, 1.807) is 0 Å². The number of aliphatic hydroxyl groups is 2. The molecule has 0 aromatic heterocycles. The zero-order chi connectivity index (χ0) is 23.5. The van der Waals surface area contributed by atoms with Crippen molar-refractivity contribution in [1.29, 1.82) is 0 Å². The van der Waals surface area contributed by atoms with E-state index in [-0.39, 0.29) is 18.1 Å². The molecule has 182 valence electrons. The standard InChI is InChI=1S/C30H50O2/c1-20(19-31)9-8-10-21(2)22-13-17-30(7)24-11-12-25-27(3,4)26(32)15-16-28(25,5)23(24)14-18-29(22,30)6/h9,11,21-23,25-26,31-32H,8,10,12-19H2,1-7H3/b20-9-/t21-,22+,23-,25?,26-,28+,29-,30+/m0/s1. The molecule has 4 aliphatic rings. The highest BCUT2D eigenvalue weighted by Gasteiger charge is 2.65. The van der Waals surface area contributed by atoms with Crippen molar-refractivity contribution < 1.29 is 10.2 Å². The van der Waals surface area contributed by atoms with Crippen LogP contribution in [0.5, 0.6) is 0 Å². The number of allylic oxidation sites excluding steroid dienone is 3. The van der Waals surface area contributed by atoms with Gasteiger partial charge in [-0.05, 0) is 110 Å². The highest BCUT2D eigenvalue weighted by atomic mass is 16.3. The van der Waals surface area contributed by atoms with Crippen molar-refractivity contribution >= 4 is 0 Å². The van der Waals surface area contributed by atoms with Crippen molar-refractivity contribution in [1.82, 2.24) is 0 Å². The van der Waals surface area contributed by atoms with E-state index >= 15 is 0 Å². The summed E-state index contributed by atoms with van der Waals surface area (Å²) in [5.74, 6) is 2.83. The lowest BCUT2D eigenvalue weighted by atomic mass is 9.41. The Hall–Kier alpha value is -0.600. The molecule has 2 heteroatoms. The fraction of sp³-hybridized carbons (Fsp3) is 0.867. The number of rotatable bonds is 5. The van der Waals surface area contributed by atoms with E-state index in [0.29, 0.717) is 28.1 Å². The van der Waals surface area contributed by atoms with Crippen molar-refractivity contribution in [2.75, 3.05) is 6.61 Å². The van der Waals surface area contributed by atoms with Gasteiger partial charge in [-0.3, -0.25) is 0 Å². The molecule has 1 unspecified atom stereocenters. The smallest absolute Gasteiger partial charge is 0.0639 e. The minimum Gasteiger partial charge on any atom is -0.393 e. The van der Waals surface area contributed by atoms with Gasteiger partial charge in [-0.15, -0.1) is 0 Å². The van der Waals surface area contributed by atoms with Crippen LogP contribution in [0, 0.1) is 45.3 Å². The van der Waals surface area contributed by atoms with Gasteiger partial charge in [0.15, 0.2) is 0 Å². The molecule has 0 aliphatic heterocycles. The summed E-state index contributed by atoms with van der Waals surface area (Å²) in [6.07, 6.45) is 15.8. The van der Waals surface area contributed by atoms with Crippen LogP contribution >= 0.6 is 0 Å². The van der Waals surface area contributed by atoms with Crippen LogP contribution in [0.15, 0.2) is 23.3 Å². The lowest BCUT2D eigenvalue weighted by Gasteiger charge is -2.64. The van der Waals surface area contributed by atoms with Gasteiger partial charge in [-0.2, -0.15) is 0 Å². The quantitative estimate of drug-likeness (QED) is 0.438. The van der Waals surface area contributed by atoms with Crippen molar-refractivity contribution in [3.05, 3.63) is 23.3 Å². The van der Waals surface area contributed by atoms with Crippen molar-refractivity contribution in [3.8, 4) is 0 Å². The maximum atomic E-state index is 10.8. The number of aliphatic hydroxyl groups excluding tert-OH is 2. The monoisotopic (exact) mass is 442 g/mol. The third-order valence-electron chi connectivity index (χ3n) is 11.9. The molecule has 0 amide bonds. The first-order valence-electron chi connectivity index (χ1n) is 13.6. The van der Waals surface area contributed by atoms with Crippen molar-refractivity contribution in [2.45, 2.75) is 112 Å². The Labute approximate surface area is 198 Å². The molecule has 2 nitrogen and oxygen atoms in total. The maximum Gasteiger partial charge on any atom is 0.0639 e. The topological polar surface area (TPSA) is 40.5 Å². The normalized spacial score (nSPS) is 46.7. The molecule has 0 saturated heterocycles. The predicted molar refractivity (Wildman–Crippen MR) is 134 cm³/mol. The average Bonchev–Trinajstić information content (AvgIpc) is 3.02. The number of hydrogen-bond acceptors (Lipinski definition) is 2. The molecule has 0 aromatic carbocycles. The Balaban J connectivity index is 1.59. The Morgan fingerprint density at radius 1 is 1.09 bits per heavy atom. The molecular formula is C30H50O2. The largest absolute Gasteiger partial charge is 0.393 e. The first-order valence-corrected chi connectivity index (χ1v) is 13.6. The molecule has 4 rings (SSSR count). The third kappa shape index (κ3) is 3.41. The summed E-state index contributed by atoms with van der Waals surface area (Å²) < 4.78 is 0. The Morgan fingerprint density at radius 2 is 1.81 bits per heavy atom. The summed E-state index contributed by atoms with van der Waals surface area (Å²) in [5, 5.41) is 20.1. The summed E-state index contributed by atoms with van der Waals surface area (Å²) in [4.78, 5) is 0. The summed E-state index contributed by atoms with van der Waals surface area (Å²) >= 11 is 0. The Kier molecular flexibility index (Phi) is 6.33. The van der Waals surface area contributed by atoms with Crippen LogP contribution in [0.4, 0.5) is 0 Å². The van der Waals surface area contributed by atoms with Crippen LogP contribution in [0.25, 0.3) is 0 Å². The van der Waals surface area contributed by atoms with E-state index in [0.717, 1.165) is 36.7 Å². The van der Waals surface area contributed by atoms with E-state index in [9.17, 15) is 10.2 Å². The molecule has 32 heavy (non-hydrogen) atoms. The van der Waals surface area contributed by atoms with Gasteiger partial charge < -0.3 is 10.2 Å². The molecule has 2 N–H and O–H groups in total. The second-order valence-corrected chi connectivity index (χ2v) is 13.6. The van der Waals surface area contributed by atoms with Gasteiger partial charge in [0.1, 0.15) is 0 Å². The SMILES string of the molecule is C/C(=C/CC[C@H](C)[C@H]1CC[C@]2(C)C3=CCC4C(C)(C)[C@@H](O)CC[C@]4(C)[C@H]3CC[C@@]12C)CO. The summed E-state index contributed by atoms with van der Waals surface area (Å²) in [6, 6.07) is 0. The van der Waals surface area contributed by atoms with E-state index in [2.05, 4.69) is 53.7 Å². The van der Waals surface area contributed by atoms with E-state index in [1.807, 2.05) is 12.5 Å². The first kappa shape index (κ1) is 24.5. The van der Waals surface area contributed by atoms with Crippen LogP contribution in [0.1, 0.15) is 106 Å². The Bertz CT molecular complexity index is 778. The first-order chi connectivity index (χ1) is 14.9. The highest BCUT2D eigenvalue weighted by molar-refractivity contribution is 5.33. The van der Waals surface area contributed by atoms with Gasteiger partial charge in [0, 0.05) is 0 Å². The molecule has 0 aromatic rings. The van der Waals surface area contributed by atoms with Crippen LogP contribution < -0.4 is 0 Å². The molecule has 4 aliphatic carbocycles. The van der Waals surface area contributed by atoms with Crippen molar-refractivity contribution in [2.24, 2.45) is 45.3 Å². The van der Waals surface area contributed by atoms with Gasteiger partial charge in [-0.1, -0.05) is 64.8 Å². The number of hydrogen-bond donors (Lipinski definition) is 2. The summed E-state index contributed by atoms with van der Waals surface area (Å²) in [7, 11) is 0. The van der Waals surface area contributed by atoms with Crippen molar-refractivity contribution in [3.63, 3.8) is 0 Å². The minimum absolute atomic E-state index is 0.0175. The van der Waals surface area contributed by atoms with Gasteiger partial charge in [-0.25, -0.2) is 0 Å². The van der Waals surface area contributed by atoms with E-state index in [1.165, 1.54) is 38.5 Å². The molecular weight excluding hydrogens is 392 g/mol. The number of fused-ring (bicyclic) bond motifs is 5. The van der Waals surface area contributed by atoms with Gasteiger partial charge in [0.2, 0.25) is 0 Å². The lowest BCUT2D eigenvalue weighted by molar-refractivity contribution is -0.131.